The first-order valence-corrected chi connectivity index (χ1v) is 7.90. The summed E-state index contributed by atoms with van der Waals surface area (Å²) in [6.07, 6.45) is 4.42. The van der Waals surface area contributed by atoms with Crippen molar-refractivity contribution in [3.63, 3.8) is 0 Å². The number of rotatable bonds is 6. The minimum Gasteiger partial charge on any atom is -0.490 e. The summed E-state index contributed by atoms with van der Waals surface area (Å²) in [7, 11) is 0. The number of primary amides is 1. The number of carbonyl (C=O) groups excluding carboxylic acids is 1. The molecule has 4 nitrogen and oxygen atoms in total. The maximum Gasteiger partial charge on any atom is 0.237 e. The fourth-order valence-corrected chi connectivity index (χ4v) is 3.13. The van der Waals surface area contributed by atoms with Gasteiger partial charge in [0.1, 0.15) is 17.4 Å². The van der Waals surface area contributed by atoms with Gasteiger partial charge in [-0.1, -0.05) is 26.0 Å². The lowest BCUT2D eigenvalue weighted by molar-refractivity contribution is -0.127. The SMILES string of the molecule is CCNC1(C(N)=O)CCCC(Oc2ccc(CC)cc2)C1. The Kier molecular flexibility index (Phi) is 5.23. The second-order valence-corrected chi connectivity index (χ2v) is 5.81. The van der Waals surface area contributed by atoms with Gasteiger partial charge >= 0.3 is 0 Å². The Morgan fingerprint density at radius 3 is 2.67 bits per heavy atom. The zero-order valence-corrected chi connectivity index (χ0v) is 13.0. The van der Waals surface area contributed by atoms with E-state index >= 15 is 0 Å². The molecule has 0 spiro atoms. The Morgan fingerprint density at radius 1 is 1.38 bits per heavy atom. The van der Waals surface area contributed by atoms with E-state index in [0.29, 0.717) is 6.42 Å². The van der Waals surface area contributed by atoms with Crippen molar-refractivity contribution in [1.82, 2.24) is 5.32 Å². The van der Waals surface area contributed by atoms with Crippen molar-refractivity contribution in [2.45, 2.75) is 57.6 Å². The van der Waals surface area contributed by atoms with Gasteiger partial charge in [0.2, 0.25) is 5.91 Å². The van der Waals surface area contributed by atoms with Gasteiger partial charge in [-0.2, -0.15) is 0 Å². The number of hydrogen-bond donors (Lipinski definition) is 2. The number of aryl methyl sites for hydroxylation is 1. The summed E-state index contributed by atoms with van der Waals surface area (Å²) in [4.78, 5) is 11.9. The van der Waals surface area contributed by atoms with Crippen molar-refractivity contribution in [1.29, 1.82) is 0 Å². The number of hydrogen-bond acceptors (Lipinski definition) is 3. The van der Waals surface area contributed by atoms with Gasteiger partial charge in [0.05, 0.1) is 0 Å². The van der Waals surface area contributed by atoms with Crippen LogP contribution in [0.1, 0.15) is 45.1 Å². The van der Waals surface area contributed by atoms with Crippen LogP contribution >= 0.6 is 0 Å². The van der Waals surface area contributed by atoms with E-state index < -0.39 is 5.54 Å². The fraction of sp³-hybridized carbons (Fsp3) is 0.588. The Hall–Kier alpha value is -1.55. The molecule has 1 aliphatic rings. The third-order valence-corrected chi connectivity index (χ3v) is 4.33. The highest BCUT2D eigenvalue weighted by Gasteiger charge is 2.41. The first-order valence-electron chi connectivity index (χ1n) is 7.90. The summed E-state index contributed by atoms with van der Waals surface area (Å²) in [5.74, 6) is 0.605. The van der Waals surface area contributed by atoms with E-state index in [4.69, 9.17) is 10.5 Å². The molecule has 0 aromatic heterocycles. The van der Waals surface area contributed by atoms with Crippen LogP contribution in [0.4, 0.5) is 0 Å². The molecular formula is C17H26N2O2. The van der Waals surface area contributed by atoms with Gasteiger partial charge in [-0.05, 0) is 49.9 Å². The zero-order chi connectivity index (χ0) is 15.3. The lowest BCUT2D eigenvalue weighted by Gasteiger charge is -2.39. The molecule has 21 heavy (non-hydrogen) atoms. The Morgan fingerprint density at radius 2 is 2.10 bits per heavy atom. The Bertz CT molecular complexity index is 468. The summed E-state index contributed by atoms with van der Waals surface area (Å²) in [6.45, 7) is 4.87. The largest absolute Gasteiger partial charge is 0.490 e. The summed E-state index contributed by atoms with van der Waals surface area (Å²) >= 11 is 0. The van der Waals surface area contributed by atoms with Crippen LogP contribution in [0.15, 0.2) is 24.3 Å². The van der Waals surface area contributed by atoms with E-state index in [9.17, 15) is 4.79 Å². The molecule has 0 aliphatic heterocycles. The number of carbonyl (C=O) groups is 1. The van der Waals surface area contributed by atoms with Crippen LogP contribution in [0.2, 0.25) is 0 Å². The molecule has 1 saturated carbocycles. The average molecular weight is 290 g/mol. The van der Waals surface area contributed by atoms with Gasteiger partial charge in [0.15, 0.2) is 0 Å². The molecule has 1 aromatic carbocycles. The van der Waals surface area contributed by atoms with Crippen molar-refractivity contribution >= 4 is 5.91 Å². The van der Waals surface area contributed by atoms with Gasteiger partial charge < -0.3 is 15.8 Å². The monoisotopic (exact) mass is 290 g/mol. The Balaban J connectivity index is 2.04. The van der Waals surface area contributed by atoms with Crippen LogP contribution < -0.4 is 15.8 Å². The molecule has 3 N–H and O–H groups in total. The van der Waals surface area contributed by atoms with Gasteiger partial charge in [-0.15, -0.1) is 0 Å². The third kappa shape index (κ3) is 3.76. The molecule has 0 saturated heterocycles. The van der Waals surface area contributed by atoms with Crippen molar-refractivity contribution in [2.75, 3.05) is 6.54 Å². The zero-order valence-electron chi connectivity index (χ0n) is 13.0. The summed E-state index contributed by atoms with van der Waals surface area (Å²) in [6, 6.07) is 8.19. The van der Waals surface area contributed by atoms with Crippen LogP contribution in [-0.4, -0.2) is 24.1 Å². The van der Waals surface area contributed by atoms with Crippen molar-refractivity contribution in [2.24, 2.45) is 5.73 Å². The van der Waals surface area contributed by atoms with Gasteiger partial charge in [-0.25, -0.2) is 0 Å². The molecule has 1 fully saturated rings. The fourth-order valence-electron chi connectivity index (χ4n) is 3.13. The van der Waals surface area contributed by atoms with E-state index in [1.165, 1.54) is 5.56 Å². The molecule has 1 amide bonds. The molecule has 2 unspecified atom stereocenters. The molecule has 1 aromatic rings. The highest BCUT2D eigenvalue weighted by molar-refractivity contribution is 5.84. The average Bonchev–Trinajstić information content (AvgIpc) is 2.48. The molecule has 1 aliphatic carbocycles. The highest BCUT2D eigenvalue weighted by atomic mass is 16.5. The molecule has 2 rings (SSSR count). The molecular weight excluding hydrogens is 264 g/mol. The molecule has 0 bridgehead atoms. The molecule has 2 atom stereocenters. The minimum absolute atomic E-state index is 0.0396. The minimum atomic E-state index is -0.610. The number of likely N-dealkylation sites (N-methyl/N-ethyl adjacent to an activating group) is 1. The summed E-state index contributed by atoms with van der Waals surface area (Å²) < 4.78 is 6.06. The van der Waals surface area contributed by atoms with E-state index in [1.54, 1.807) is 0 Å². The standard InChI is InChI=1S/C17H26N2O2/c1-3-13-7-9-14(10-8-13)21-15-6-5-11-17(12-15,16(18)20)19-4-2/h7-10,15,19H,3-6,11-12H2,1-2H3,(H2,18,20). The second-order valence-electron chi connectivity index (χ2n) is 5.81. The van der Waals surface area contributed by atoms with Crippen molar-refractivity contribution in [3.8, 4) is 5.75 Å². The van der Waals surface area contributed by atoms with E-state index in [2.05, 4.69) is 24.4 Å². The number of nitrogens with one attached hydrogen (secondary N) is 1. The topological polar surface area (TPSA) is 64.3 Å². The van der Waals surface area contributed by atoms with E-state index in [1.807, 2.05) is 19.1 Å². The quantitative estimate of drug-likeness (QED) is 0.845. The summed E-state index contributed by atoms with van der Waals surface area (Å²) in [5, 5.41) is 3.28. The first-order chi connectivity index (χ1) is 10.1. The molecule has 116 valence electrons. The van der Waals surface area contributed by atoms with Crippen LogP contribution in [0.25, 0.3) is 0 Å². The normalized spacial score (nSPS) is 25.5. The van der Waals surface area contributed by atoms with Crippen molar-refractivity contribution < 1.29 is 9.53 Å². The van der Waals surface area contributed by atoms with Crippen LogP contribution in [0.3, 0.4) is 0 Å². The highest BCUT2D eigenvalue weighted by Crippen LogP contribution is 2.31. The molecule has 0 heterocycles. The third-order valence-electron chi connectivity index (χ3n) is 4.33. The Labute approximate surface area is 127 Å². The number of ether oxygens (including phenoxy) is 1. The van der Waals surface area contributed by atoms with E-state index in [-0.39, 0.29) is 12.0 Å². The maximum absolute atomic E-state index is 11.9. The molecule has 0 radical (unpaired) electrons. The second kappa shape index (κ2) is 6.94. The molecule has 4 heteroatoms. The van der Waals surface area contributed by atoms with Gasteiger partial charge in [0, 0.05) is 6.42 Å². The predicted molar refractivity (Wildman–Crippen MR) is 84.3 cm³/mol. The number of amides is 1. The number of nitrogens with two attached hydrogens (primary N) is 1. The lowest BCUT2D eigenvalue weighted by Crippen LogP contribution is -2.59. The van der Waals surface area contributed by atoms with Gasteiger partial charge in [-0.3, -0.25) is 4.79 Å². The van der Waals surface area contributed by atoms with Crippen LogP contribution in [0.5, 0.6) is 5.75 Å². The smallest absolute Gasteiger partial charge is 0.237 e. The van der Waals surface area contributed by atoms with Crippen LogP contribution in [0, 0.1) is 0 Å². The van der Waals surface area contributed by atoms with Crippen LogP contribution in [-0.2, 0) is 11.2 Å². The first kappa shape index (κ1) is 15.8. The number of benzene rings is 1. The predicted octanol–water partition coefficient (Wildman–Crippen LogP) is 2.40. The maximum atomic E-state index is 11.9. The van der Waals surface area contributed by atoms with E-state index in [0.717, 1.165) is 38.0 Å². The summed E-state index contributed by atoms with van der Waals surface area (Å²) in [5.41, 5.74) is 6.31. The van der Waals surface area contributed by atoms with Crippen molar-refractivity contribution in [3.05, 3.63) is 29.8 Å². The lowest BCUT2D eigenvalue weighted by atomic mass is 9.79. The van der Waals surface area contributed by atoms with Gasteiger partial charge in [0.25, 0.3) is 0 Å².